The molecule has 1 atom stereocenters. The second kappa shape index (κ2) is 5.68. The lowest BCUT2D eigenvalue weighted by Gasteiger charge is -2.10. The van der Waals surface area contributed by atoms with Crippen LogP contribution in [0.5, 0.6) is 0 Å². The van der Waals surface area contributed by atoms with E-state index in [1.54, 1.807) is 12.1 Å². The Hall–Kier alpha value is -1.13. The second-order valence-electron chi connectivity index (χ2n) is 3.25. The van der Waals surface area contributed by atoms with Gasteiger partial charge in [-0.1, -0.05) is 24.9 Å². The van der Waals surface area contributed by atoms with Crippen molar-refractivity contribution in [2.75, 3.05) is 5.32 Å². The van der Waals surface area contributed by atoms with Crippen LogP contribution in [0.3, 0.4) is 0 Å². The summed E-state index contributed by atoms with van der Waals surface area (Å²) < 4.78 is 0. The topological polar surface area (TPSA) is 68.0 Å². The number of amides is 1. The fourth-order valence-corrected chi connectivity index (χ4v) is 1.33. The summed E-state index contributed by atoms with van der Waals surface area (Å²) in [6.07, 6.45) is 3.08. The molecule has 0 saturated heterocycles. The number of nitrogens with one attached hydrogen (secondary N) is 1. The van der Waals surface area contributed by atoms with E-state index in [0.29, 0.717) is 17.3 Å². The maximum Gasteiger partial charge on any atom is 0.241 e. The van der Waals surface area contributed by atoms with E-state index < -0.39 is 6.04 Å². The van der Waals surface area contributed by atoms with E-state index in [1.165, 1.54) is 6.20 Å². The Bertz CT molecular complexity index is 343. The number of pyridine rings is 1. The highest BCUT2D eigenvalue weighted by molar-refractivity contribution is 6.29. The zero-order chi connectivity index (χ0) is 11.3. The van der Waals surface area contributed by atoms with Crippen LogP contribution < -0.4 is 11.1 Å². The van der Waals surface area contributed by atoms with Gasteiger partial charge in [-0.2, -0.15) is 0 Å². The molecule has 4 nitrogen and oxygen atoms in total. The molecule has 0 aliphatic carbocycles. The molecule has 1 heterocycles. The van der Waals surface area contributed by atoms with Gasteiger partial charge in [-0.3, -0.25) is 4.79 Å². The number of nitrogens with zero attached hydrogens (tertiary/aromatic N) is 1. The monoisotopic (exact) mass is 227 g/mol. The number of rotatable bonds is 4. The third-order valence-corrected chi connectivity index (χ3v) is 2.14. The summed E-state index contributed by atoms with van der Waals surface area (Å²) in [5.74, 6) is -0.195. The van der Waals surface area contributed by atoms with Crippen molar-refractivity contribution in [1.82, 2.24) is 4.98 Å². The molecule has 5 heteroatoms. The van der Waals surface area contributed by atoms with Crippen LogP contribution in [0, 0.1) is 0 Å². The van der Waals surface area contributed by atoms with Crippen LogP contribution in [0.4, 0.5) is 5.69 Å². The van der Waals surface area contributed by atoms with E-state index >= 15 is 0 Å². The average molecular weight is 228 g/mol. The fraction of sp³-hybridized carbons (Fsp3) is 0.400. The Labute approximate surface area is 93.8 Å². The summed E-state index contributed by atoms with van der Waals surface area (Å²) in [4.78, 5) is 15.3. The van der Waals surface area contributed by atoms with Crippen LogP contribution in [0.2, 0.25) is 5.15 Å². The molecule has 0 saturated carbocycles. The summed E-state index contributed by atoms with van der Waals surface area (Å²) in [6.45, 7) is 1.98. The highest BCUT2D eigenvalue weighted by atomic mass is 35.5. The summed E-state index contributed by atoms with van der Waals surface area (Å²) in [7, 11) is 0. The molecule has 0 aliphatic rings. The molecule has 3 N–H and O–H groups in total. The number of hydrogen-bond acceptors (Lipinski definition) is 3. The molecule has 82 valence electrons. The molecular formula is C10H14ClN3O. The minimum Gasteiger partial charge on any atom is -0.325 e. The lowest BCUT2D eigenvalue weighted by Crippen LogP contribution is -2.35. The van der Waals surface area contributed by atoms with E-state index in [9.17, 15) is 4.79 Å². The van der Waals surface area contributed by atoms with E-state index in [-0.39, 0.29) is 5.91 Å². The van der Waals surface area contributed by atoms with Crippen LogP contribution in [-0.4, -0.2) is 16.9 Å². The van der Waals surface area contributed by atoms with Gasteiger partial charge in [-0.25, -0.2) is 4.98 Å². The first kappa shape index (κ1) is 11.9. The molecule has 0 radical (unpaired) electrons. The zero-order valence-electron chi connectivity index (χ0n) is 8.53. The standard InChI is InChI=1S/C10H14ClN3O/c1-2-3-8(12)10(15)14-7-4-5-13-9(11)6-7/h4-6,8H,2-3,12H2,1H3,(H,13,14,15)/t8-/m0/s1. The van der Waals surface area contributed by atoms with Crippen LogP contribution in [0.15, 0.2) is 18.3 Å². The molecule has 0 spiro atoms. The van der Waals surface area contributed by atoms with E-state index in [4.69, 9.17) is 17.3 Å². The van der Waals surface area contributed by atoms with Crippen molar-refractivity contribution >= 4 is 23.2 Å². The number of nitrogens with two attached hydrogens (primary N) is 1. The molecule has 0 fully saturated rings. The minimum atomic E-state index is -0.470. The highest BCUT2D eigenvalue weighted by Gasteiger charge is 2.12. The maximum absolute atomic E-state index is 11.5. The summed E-state index contributed by atoms with van der Waals surface area (Å²) in [6, 6.07) is 2.78. The molecule has 1 amide bonds. The number of aromatic nitrogens is 1. The van der Waals surface area contributed by atoms with Crippen molar-refractivity contribution in [2.24, 2.45) is 5.73 Å². The van der Waals surface area contributed by atoms with Gasteiger partial charge in [0.15, 0.2) is 0 Å². The molecular weight excluding hydrogens is 214 g/mol. The van der Waals surface area contributed by atoms with Gasteiger partial charge in [0, 0.05) is 11.9 Å². The number of carbonyl (C=O) groups is 1. The van der Waals surface area contributed by atoms with Crippen molar-refractivity contribution in [3.8, 4) is 0 Å². The number of halogens is 1. The Balaban J connectivity index is 2.58. The van der Waals surface area contributed by atoms with Gasteiger partial charge >= 0.3 is 0 Å². The van der Waals surface area contributed by atoms with Crippen molar-refractivity contribution in [3.63, 3.8) is 0 Å². The van der Waals surface area contributed by atoms with Crippen LogP contribution in [-0.2, 0) is 4.79 Å². The number of carbonyl (C=O) groups excluding carboxylic acids is 1. The van der Waals surface area contributed by atoms with Crippen molar-refractivity contribution in [1.29, 1.82) is 0 Å². The van der Waals surface area contributed by atoms with Crippen LogP contribution in [0.1, 0.15) is 19.8 Å². The maximum atomic E-state index is 11.5. The Kier molecular flexibility index (Phi) is 4.52. The van der Waals surface area contributed by atoms with Gasteiger partial charge in [-0.15, -0.1) is 0 Å². The predicted octanol–water partition coefficient (Wildman–Crippen LogP) is 1.80. The second-order valence-corrected chi connectivity index (χ2v) is 3.64. The lowest BCUT2D eigenvalue weighted by molar-refractivity contribution is -0.117. The zero-order valence-corrected chi connectivity index (χ0v) is 9.29. The first-order chi connectivity index (χ1) is 7.13. The first-order valence-electron chi connectivity index (χ1n) is 4.81. The first-order valence-corrected chi connectivity index (χ1v) is 5.19. The predicted molar refractivity (Wildman–Crippen MR) is 60.8 cm³/mol. The SMILES string of the molecule is CCC[C@H](N)C(=O)Nc1ccnc(Cl)c1. The molecule has 0 aliphatic heterocycles. The van der Waals surface area contributed by atoms with E-state index in [2.05, 4.69) is 10.3 Å². The third-order valence-electron chi connectivity index (χ3n) is 1.93. The van der Waals surface area contributed by atoms with Gasteiger partial charge in [0.05, 0.1) is 6.04 Å². The van der Waals surface area contributed by atoms with Gasteiger partial charge < -0.3 is 11.1 Å². The molecule has 1 rings (SSSR count). The van der Waals surface area contributed by atoms with Gasteiger partial charge in [-0.05, 0) is 18.6 Å². The summed E-state index contributed by atoms with van der Waals surface area (Å²) in [5, 5.41) is 3.02. The van der Waals surface area contributed by atoms with Crippen molar-refractivity contribution < 1.29 is 4.79 Å². The number of hydrogen-bond donors (Lipinski definition) is 2. The molecule has 0 unspecified atom stereocenters. The Morgan fingerprint density at radius 1 is 1.73 bits per heavy atom. The normalized spacial score (nSPS) is 12.2. The number of anilines is 1. The van der Waals surface area contributed by atoms with Gasteiger partial charge in [0.1, 0.15) is 5.15 Å². The molecule has 15 heavy (non-hydrogen) atoms. The van der Waals surface area contributed by atoms with Gasteiger partial charge in [0.2, 0.25) is 5.91 Å². The quantitative estimate of drug-likeness (QED) is 0.771. The Morgan fingerprint density at radius 2 is 2.47 bits per heavy atom. The summed E-state index contributed by atoms with van der Waals surface area (Å²) in [5.41, 5.74) is 6.27. The lowest BCUT2D eigenvalue weighted by atomic mass is 10.1. The summed E-state index contributed by atoms with van der Waals surface area (Å²) >= 11 is 5.68. The molecule has 0 bridgehead atoms. The van der Waals surface area contributed by atoms with Crippen LogP contribution in [0.25, 0.3) is 0 Å². The average Bonchev–Trinajstić information content (AvgIpc) is 2.18. The van der Waals surface area contributed by atoms with E-state index in [0.717, 1.165) is 6.42 Å². The molecule has 1 aromatic heterocycles. The smallest absolute Gasteiger partial charge is 0.241 e. The fourth-order valence-electron chi connectivity index (χ4n) is 1.16. The van der Waals surface area contributed by atoms with Crippen molar-refractivity contribution in [3.05, 3.63) is 23.5 Å². The molecule has 1 aromatic rings. The third kappa shape index (κ3) is 3.85. The van der Waals surface area contributed by atoms with Crippen LogP contribution >= 0.6 is 11.6 Å². The van der Waals surface area contributed by atoms with E-state index in [1.807, 2.05) is 6.92 Å². The van der Waals surface area contributed by atoms with Gasteiger partial charge in [0.25, 0.3) is 0 Å². The minimum absolute atomic E-state index is 0.195. The van der Waals surface area contributed by atoms with Crippen molar-refractivity contribution in [2.45, 2.75) is 25.8 Å². The largest absolute Gasteiger partial charge is 0.325 e. The highest BCUT2D eigenvalue weighted by Crippen LogP contribution is 2.12. The Morgan fingerprint density at radius 3 is 3.07 bits per heavy atom. The molecule has 0 aromatic carbocycles.